The quantitative estimate of drug-likeness (QED) is 0.0587. The number of fused-ring (bicyclic) bond motifs is 4. The monoisotopic (exact) mass is 1070 g/mol. The van der Waals surface area contributed by atoms with Crippen LogP contribution in [0.2, 0.25) is 0 Å². The first-order chi connectivity index (χ1) is 39.1. The van der Waals surface area contributed by atoms with E-state index in [0.29, 0.717) is 35.4 Å². The SMILES string of the molecule is CCCCC(CC)C(=O)NC1=CC(=[PH](c2ccc3ccccc3c2)c2ccc3ccccc3c2)C=C/C1=C1\C(=O)C(c2ccc(N(c3ccc4ccccc4c3)c3ccc4ccccc4c3)cc2NC(=O)C(CC)CCCC)=C1O. The molecule has 0 saturated heterocycles. The topological polar surface area (TPSA) is 98.7 Å². The maximum atomic E-state index is 15.2. The van der Waals surface area contributed by atoms with Crippen molar-refractivity contribution in [1.29, 1.82) is 0 Å². The summed E-state index contributed by atoms with van der Waals surface area (Å²) in [6.45, 7) is 8.33. The molecule has 2 atom stereocenters. The lowest BCUT2D eigenvalue weighted by molar-refractivity contribution is -0.124. The Morgan fingerprint density at radius 3 is 1.41 bits per heavy atom. The summed E-state index contributed by atoms with van der Waals surface area (Å²) in [6, 6.07) is 65.2. The van der Waals surface area contributed by atoms with Crippen molar-refractivity contribution in [3.63, 3.8) is 0 Å². The van der Waals surface area contributed by atoms with Gasteiger partial charge in [0.1, 0.15) is 5.76 Å². The number of Topliss-reactive ketones (excluding diaryl/α,β-unsaturated/α-hetero) is 1. The van der Waals surface area contributed by atoms with Gasteiger partial charge in [0.25, 0.3) is 0 Å². The van der Waals surface area contributed by atoms with E-state index in [9.17, 15) is 14.7 Å². The maximum absolute atomic E-state index is 15.2. The molecule has 0 radical (unpaired) electrons. The normalized spacial score (nSPS) is 15.1. The third kappa shape index (κ3) is 10.8. The highest BCUT2D eigenvalue weighted by Gasteiger charge is 2.40. The molecule has 0 aliphatic heterocycles. The van der Waals surface area contributed by atoms with E-state index in [1.54, 1.807) is 0 Å². The van der Waals surface area contributed by atoms with Crippen LogP contribution >= 0.6 is 7.55 Å². The van der Waals surface area contributed by atoms with Crippen LogP contribution in [0.5, 0.6) is 0 Å². The zero-order valence-electron chi connectivity index (χ0n) is 46.1. The number of unbranched alkanes of at least 4 members (excludes halogenated alkanes) is 2. The van der Waals surface area contributed by atoms with Crippen molar-refractivity contribution >= 4 is 112 Å². The van der Waals surface area contributed by atoms with Crippen molar-refractivity contribution in [3.05, 3.63) is 234 Å². The number of allylic oxidation sites excluding steroid dienone is 5. The summed E-state index contributed by atoms with van der Waals surface area (Å²) in [5, 5.41) is 31.5. The molecule has 0 aromatic heterocycles. The van der Waals surface area contributed by atoms with Gasteiger partial charge in [-0.25, -0.2) is 0 Å². The number of anilines is 4. The van der Waals surface area contributed by atoms with E-state index in [-0.39, 0.29) is 46.3 Å². The van der Waals surface area contributed by atoms with E-state index in [2.05, 4.69) is 181 Å². The second-order valence-electron chi connectivity index (χ2n) is 21.3. The number of carbonyl (C=O) groups is 3. The van der Waals surface area contributed by atoms with Crippen molar-refractivity contribution in [3.8, 4) is 0 Å². The zero-order valence-corrected chi connectivity index (χ0v) is 47.1. The van der Waals surface area contributed by atoms with Gasteiger partial charge in [-0.1, -0.05) is 207 Å². The van der Waals surface area contributed by atoms with E-state index >= 15 is 4.79 Å². The molecule has 0 bridgehead atoms. The number of hydrogen-bond acceptors (Lipinski definition) is 5. The Hall–Kier alpha value is -8.51. The first kappa shape index (κ1) is 53.5. The number of rotatable bonds is 18. The molecular weight excluding hydrogens is 1000 g/mol. The number of aliphatic hydroxyl groups excluding tert-OH is 1. The standard InChI is InChI=1S/C72H68N3O4P/c1-5-9-19-47(7-3)71(78)73-65-45-59(75(57-33-29-49-21-11-15-25-53(49)41-57)58-34-30-50-22-12-16-26-54(50)42-58)35-39-63(65)67-69(76)68(70(67)77)64-40-38-62(46-66(64)74-72(79)48(8-4)20-10-6-2)80(60-36-31-51-23-13-17-27-55(51)43-60)61-37-32-52-24-14-18-28-56(52)44-61/h11-18,21-48,76,80H,5-10,19-20H2,1-4H3,(H,73,78)(H,74,79)/b68-64+. The largest absolute Gasteiger partial charge is 0.506 e. The van der Waals surface area contributed by atoms with Crippen LogP contribution in [0.3, 0.4) is 0 Å². The Morgan fingerprint density at radius 1 is 0.500 bits per heavy atom. The molecule has 9 aromatic rings. The van der Waals surface area contributed by atoms with Gasteiger partial charge in [0, 0.05) is 45.7 Å². The fourth-order valence-corrected chi connectivity index (χ4v) is 14.2. The van der Waals surface area contributed by atoms with Gasteiger partial charge in [0.05, 0.1) is 16.8 Å². The van der Waals surface area contributed by atoms with Crippen LogP contribution in [0.1, 0.15) is 84.6 Å². The molecule has 80 heavy (non-hydrogen) atoms. The highest BCUT2D eigenvalue weighted by molar-refractivity contribution is 7.74. The van der Waals surface area contributed by atoms with E-state index < -0.39 is 7.55 Å². The summed E-state index contributed by atoms with van der Waals surface area (Å²) in [4.78, 5) is 46.4. The molecule has 0 spiro atoms. The minimum Gasteiger partial charge on any atom is -0.506 e. The molecule has 0 heterocycles. The van der Waals surface area contributed by atoms with Crippen LogP contribution in [0.15, 0.2) is 229 Å². The maximum Gasteiger partial charge on any atom is 0.227 e. The lowest BCUT2D eigenvalue weighted by atomic mass is 9.78. The lowest BCUT2D eigenvalue weighted by Crippen LogP contribution is -2.33. The Balaban J connectivity index is 1.07. The molecule has 9 aromatic carbocycles. The number of hydrogen-bond donors (Lipinski definition) is 3. The molecule has 11 rings (SSSR count). The molecule has 2 amide bonds. The Bertz CT molecular complexity index is 3910. The third-order valence-electron chi connectivity index (χ3n) is 16.1. The van der Waals surface area contributed by atoms with Gasteiger partial charge >= 0.3 is 0 Å². The van der Waals surface area contributed by atoms with Crippen LogP contribution in [0.4, 0.5) is 22.7 Å². The molecule has 0 fully saturated rings. The summed E-state index contributed by atoms with van der Waals surface area (Å²) in [5.74, 6) is -1.31. The zero-order chi connectivity index (χ0) is 55.3. The van der Waals surface area contributed by atoms with Gasteiger partial charge < -0.3 is 20.6 Å². The fourth-order valence-electron chi connectivity index (χ4n) is 11.6. The molecular formula is C72H68N3O4P. The summed E-state index contributed by atoms with van der Waals surface area (Å²) >= 11 is 0. The number of carbonyl (C=O) groups excluding carboxylic acids is 3. The van der Waals surface area contributed by atoms with Crippen molar-refractivity contribution in [2.45, 2.75) is 79.1 Å². The van der Waals surface area contributed by atoms with E-state index in [4.69, 9.17) is 0 Å². The number of ketones is 1. The van der Waals surface area contributed by atoms with Gasteiger partial charge in [-0.3, -0.25) is 14.4 Å². The van der Waals surface area contributed by atoms with Gasteiger partial charge in [-0.05, 0) is 145 Å². The van der Waals surface area contributed by atoms with E-state index in [1.165, 1.54) is 10.6 Å². The molecule has 8 heteroatoms. The molecule has 2 aliphatic carbocycles. The molecule has 2 aliphatic rings. The van der Waals surface area contributed by atoms with Crippen molar-refractivity contribution in [1.82, 2.24) is 5.32 Å². The van der Waals surface area contributed by atoms with Crippen LogP contribution in [0.25, 0.3) is 48.7 Å². The number of nitrogens with zero attached hydrogens (tertiary/aromatic N) is 1. The number of amides is 2. The fraction of sp³-hybridized carbons (Fsp3) is 0.194. The molecule has 2 unspecified atom stereocenters. The number of benzene rings is 9. The second-order valence-corrected chi connectivity index (χ2v) is 23.8. The van der Waals surface area contributed by atoms with Crippen LogP contribution < -0.4 is 26.1 Å². The number of aliphatic hydroxyl groups is 1. The van der Waals surface area contributed by atoms with Gasteiger partial charge in [-0.15, -0.1) is 0 Å². The van der Waals surface area contributed by atoms with E-state index in [1.807, 2.05) is 68.5 Å². The highest BCUT2D eigenvalue weighted by atomic mass is 31.1. The van der Waals surface area contributed by atoms with Crippen molar-refractivity contribution < 1.29 is 19.5 Å². The average Bonchev–Trinajstić information content (AvgIpc) is 3.65. The molecule has 400 valence electrons. The highest BCUT2D eigenvalue weighted by Crippen LogP contribution is 2.46. The first-order valence-corrected chi connectivity index (χ1v) is 30.0. The molecule has 7 nitrogen and oxygen atoms in total. The Kier molecular flexibility index (Phi) is 15.9. The first-order valence-electron chi connectivity index (χ1n) is 28.5. The summed E-state index contributed by atoms with van der Waals surface area (Å²) in [6.07, 6.45) is 12.5. The van der Waals surface area contributed by atoms with Gasteiger partial charge in [0.15, 0.2) is 0 Å². The predicted molar refractivity (Wildman–Crippen MR) is 339 cm³/mol. The van der Waals surface area contributed by atoms with Crippen LogP contribution in [-0.2, 0) is 14.4 Å². The summed E-state index contributed by atoms with van der Waals surface area (Å²) in [5.41, 5.74) is 4.60. The van der Waals surface area contributed by atoms with Crippen LogP contribution in [0, 0.1) is 11.8 Å². The Morgan fingerprint density at radius 2 is 0.938 bits per heavy atom. The molecule has 3 N–H and O–H groups in total. The predicted octanol–water partition coefficient (Wildman–Crippen LogP) is 16.9. The summed E-state index contributed by atoms with van der Waals surface area (Å²) < 4.78 is 0. The smallest absolute Gasteiger partial charge is 0.227 e. The Labute approximate surface area is 470 Å². The van der Waals surface area contributed by atoms with Crippen molar-refractivity contribution in [2.24, 2.45) is 11.8 Å². The second kappa shape index (κ2) is 23.8. The third-order valence-corrected chi connectivity index (χ3v) is 18.8. The minimum atomic E-state index is -1.73. The molecule has 0 saturated carbocycles. The lowest BCUT2D eigenvalue weighted by Gasteiger charge is -2.30. The van der Waals surface area contributed by atoms with E-state index in [0.717, 1.165) is 104 Å². The van der Waals surface area contributed by atoms with Crippen LogP contribution in [-0.4, -0.2) is 28.0 Å². The minimum absolute atomic E-state index is 0.110. The average molecular weight is 1070 g/mol. The summed E-state index contributed by atoms with van der Waals surface area (Å²) in [7, 11) is -1.73. The number of nitrogens with one attached hydrogen (secondary N) is 2. The van der Waals surface area contributed by atoms with Crippen molar-refractivity contribution in [2.75, 3.05) is 10.2 Å². The van der Waals surface area contributed by atoms with Gasteiger partial charge in [-0.2, -0.15) is 0 Å². The van der Waals surface area contributed by atoms with Gasteiger partial charge in [0.2, 0.25) is 17.6 Å².